The van der Waals surface area contributed by atoms with Crippen LogP contribution in [0.5, 0.6) is 11.5 Å². The molecule has 1 aliphatic heterocycles. The van der Waals surface area contributed by atoms with Crippen LogP contribution in [0.15, 0.2) is 12.1 Å². The summed E-state index contributed by atoms with van der Waals surface area (Å²) in [7, 11) is 0. The van der Waals surface area contributed by atoms with Crippen molar-refractivity contribution in [2.45, 2.75) is 0 Å². The van der Waals surface area contributed by atoms with E-state index in [0.29, 0.717) is 0 Å². The average molecular weight is 180 g/mol. The molecule has 1 aromatic rings. The lowest BCUT2D eigenvalue weighted by atomic mass is 10.1. The minimum absolute atomic E-state index is 0.118. The highest BCUT2D eigenvalue weighted by Gasteiger charge is 2.31. The molecule has 0 unspecified atom stereocenters. The molecule has 5 nitrogen and oxygen atoms in total. The van der Waals surface area contributed by atoms with Crippen molar-refractivity contribution in [2.24, 2.45) is 0 Å². The molecule has 2 rings (SSSR count). The summed E-state index contributed by atoms with van der Waals surface area (Å²) in [6, 6.07) is 2.34. The molecule has 2 bridgehead atoms. The first kappa shape index (κ1) is 7.60. The fraction of sp³-hybridized carbons (Fsp3) is 0. The Balaban J connectivity index is 2.81. The van der Waals surface area contributed by atoms with Gasteiger partial charge in [0.2, 0.25) is 0 Å². The van der Waals surface area contributed by atoms with Crippen LogP contribution in [0.3, 0.4) is 0 Å². The van der Waals surface area contributed by atoms with Crippen molar-refractivity contribution in [1.29, 1.82) is 0 Å². The normalized spacial score (nSPS) is 14.2. The lowest BCUT2D eigenvalue weighted by molar-refractivity contribution is 0.0374. The Labute approximate surface area is 72.2 Å². The minimum atomic E-state index is -1.03. The highest BCUT2D eigenvalue weighted by molar-refractivity contribution is 6.12. The van der Waals surface area contributed by atoms with Crippen LogP contribution in [0.4, 0.5) is 0 Å². The van der Waals surface area contributed by atoms with E-state index in [9.17, 15) is 14.7 Å². The molecular weight excluding hydrogens is 176 g/mol. The summed E-state index contributed by atoms with van der Waals surface area (Å²) >= 11 is 0. The molecule has 0 radical (unpaired) electrons. The van der Waals surface area contributed by atoms with Gasteiger partial charge in [-0.2, -0.15) is 0 Å². The van der Waals surface area contributed by atoms with E-state index in [1.54, 1.807) is 0 Å². The van der Waals surface area contributed by atoms with Crippen molar-refractivity contribution in [3.8, 4) is 11.5 Å². The number of aromatic hydroxyl groups is 2. The maximum Gasteiger partial charge on any atom is 0.353 e. The summed E-state index contributed by atoms with van der Waals surface area (Å²) in [6.45, 7) is 0. The number of benzene rings is 1. The first-order valence-electron chi connectivity index (χ1n) is 3.42. The number of rotatable bonds is 0. The molecule has 1 aromatic carbocycles. The molecule has 0 saturated heterocycles. The molecule has 5 heteroatoms. The van der Waals surface area contributed by atoms with Gasteiger partial charge in [0.25, 0.3) is 0 Å². The van der Waals surface area contributed by atoms with Gasteiger partial charge >= 0.3 is 11.9 Å². The molecule has 66 valence electrons. The van der Waals surface area contributed by atoms with Gasteiger partial charge in [0.1, 0.15) is 22.6 Å². The number of ether oxygens (including phenoxy) is 1. The SMILES string of the molecule is O=C1OC(=O)c2c(O)ccc1c2O. The molecule has 2 N–H and O–H groups in total. The van der Waals surface area contributed by atoms with E-state index >= 15 is 0 Å². The lowest BCUT2D eigenvalue weighted by Gasteiger charge is -2.14. The second-order valence-corrected chi connectivity index (χ2v) is 2.53. The van der Waals surface area contributed by atoms with Crippen molar-refractivity contribution in [1.82, 2.24) is 0 Å². The number of hydrogen-bond donors (Lipinski definition) is 2. The zero-order valence-corrected chi connectivity index (χ0v) is 6.27. The Morgan fingerprint density at radius 2 is 1.77 bits per heavy atom. The topological polar surface area (TPSA) is 83.8 Å². The molecule has 1 aliphatic rings. The van der Waals surface area contributed by atoms with Crippen molar-refractivity contribution in [3.05, 3.63) is 23.3 Å². The van der Waals surface area contributed by atoms with E-state index in [0.717, 1.165) is 6.07 Å². The summed E-state index contributed by atoms with van der Waals surface area (Å²) in [4.78, 5) is 21.9. The van der Waals surface area contributed by atoms with Gasteiger partial charge in [-0.05, 0) is 12.1 Å². The third-order valence-electron chi connectivity index (χ3n) is 1.77. The van der Waals surface area contributed by atoms with Gasteiger partial charge in [-0.15, -0.1) is 0 Å². The third-order valence-corrected chi connectivity index (χ3v) is 1.77. The molecule has 0 atom stereocenters. The Morgan fingerprint density at radius 3 is 2.46 bits per heavy atom. The van der Waals surface area contributed by atoms with E-state index in [-0.39, 0.29) is 11.1 Å². The van der Waals surface area contributed by atoms with Gasteiger partial charge in [0.15, 0.2) is 0 Å². The number of hydrogen-bond acceptors (Lipinski definition) is 5. The highest BCUT2D eigenvalue weighted by atomic mass is 16.6. The predicted molar refractivity (Wildman–Crippen MR) is 39.5 cm³/mol. The number of phenolic OH excluding ortho intramolecular Hbond substituents is 2. The van der Waals surface area contributed by atoms with Crippen LogP contribution in [0.1, 0.15) is 20.7 Å². The quantitative estimate of drug-likeness (QED) is 0.446. The lowest BCUT2D eigenvalue weighted by Crippen LogP contribution is -2.19. The van der Waals surface area contributed by atoms with Crippen LogP contribution >= 0.6 is 0 Å². The van der Waals surface area contributed by atoms with Crippen molar-refractivity contribution in [2.75, 3.05) is 0 Å². The number of phenols is 2. The summed E-state index contributed by atoms with van der Waals surface area (Å²) < 4.78 is 4.23. The summed E-state index contributed by atoms with van der Waals surface area (Å²) in [5, 5.41) is 18.4. The second-order valence-electron chi connectivity index (χ2n) is 2.53. The smallest absolute Gasteiger partial charge is 0.353 e. The molecule has 0 aromatic heterocycles. The van der Waals surface area contributed by atoms with Gasteiger partial charge in [0.05, 0.1) is 0 Å². The molecule has 0 fully saturated rings. The Hall–Kier alpha value is -2.04. The molecule has 0 aliphatic carbocycles. The second kappa shape index (κ2) is 2.22. The molecule has 0 saturated carbocycles. The van der Waals surface area contributed by atoms with Crippen molar-refractivity contribution in [3.63, 3.8) is 0 Å². The molecule has 0 spiro atoms. The van der Waals surface area contributed by atoms with Crippen molar-refractivity contribution < 1.29 is 24.5 Å². The third kappa shape index (κ3) is 0.868. The van der Waals surface area contributed by atoms with Crippen LogP contribution in [-0.4, -0.2) is 22.2 Å². The summed E-state index contributed by atoms with van der Waals surface area (Å²) in [5.41, 5.74) is -0.482. The monoisotopic (exact) mass is 180 g/mol. The zero-order chi connectivity index (χ0) is 9.59. The van der Waals surface area contributed by atoms with Crippen LogP contribution in [0.2, 0.25) is 0 Å². The van der Waals surface area contributed by atoms with Gasteiger partial charge < -0.3 is 14.9 Å². The van der Waals surface area contributed by atoms with Crippen LogP contribution in [-0.2, 0) is 4.74 Å². The Morgan fingerprint density at radius 1 is 1.08 bits per heavy atom. The van der Waals surface area contributed by atoms with Gasteiger partial charge in [0, 0.05) is 0 Å². The van der Waals surface area contributed by atoms with Crippen molar-refractivity contribution >= 4 is 11.9 Å². The Bertz CT molecular complexity index is 421. The first-order chi connectivity index (χ1) is 6.11. The fourth-order valence-corrected chi connectivity index (χ4v) is 1.14. The maximum absolute atomic E-state index is 10.9. The number of carbonyl (C=O) groups is 2. The van der Waals surface area contributed by atoms with Gasteiger partial charge in [-0.3, -0.25) is 0 Å². The van der Waals surface area contributed by atoms with Crippen LogP contribution in [0.25, 0.3) is 0 Å². The molecule has 13 heavy (non-hydrogen) atoms. The van der Waals surface area contributed by atoms with E-state index in [4.69, 9.17) is 5.11 Å². The number of cyclic esters (lactones) is 2. The Kier molecular flexibility index (Phi) is 1.30. The van der Waals surface area contributed by atoms with Gasteiger partial charge in [-0.25, -0.2) is 9.59 Å². The zero-order valence-electron chi connectivity index (χ0n) is 6.27. The van der Waals surface area contributed by atoms with Crippen LogP contribution in [0, 0.1) is 0 Å². The van der Waals surface area contributed by atoms with E-state index in [1.807, 2.05) is 0 Å². The molecule has 0 amide bonds. The maximum atomic E-state index is 10.9. The summed E-state index contributed by atoms with van der Waals surface area (Å²) in [5.74, 6) is -2.87. The summed E-state index contributed by atoms with van der Waals surface area (Å²) in [6.07, 6.45) is 0. The minimum Gasteiger partial charge on any atom is -0.507 e. The van der Waals surface area contributed by atoms with E-state index in [1.165, 1.54) is 6.07 Å². The number of carbonyl (C=O) groups excluding carboxylic acids is 2. The average Bonchev–Trinajstić information content (AvgIpc) is 2.01. The highest BCUT2D eigenvalue weighted by Crippen LogP contribution is 2.34. The number of esters is 2. The van der Waals surface area contributed by atoms with E-state index < -0.39 is 23.4 Å². The van der Waals surface area contributed by atoms with E-state index in [2.05, 4.69) is 4.74 Å². The number of fused-ring (bicyclic) bond motifs is 2. The van der Waals surface area contributed by atoms with Gasteiger partial charge in [-0.1, -0.05) is 0 Å². The van der Waals surface area contributed by atoms with Crippen LogP contribution < -0.4 is 0 Å². The predicted octanol–water partition coefficient (Wildman–Crippen LogP) is 0.408. The molecule has 1 heterocycles. The first-order valence-corrected chi connectivity index (χ1v) is 3.42. The standard InChI is InChI=1S/C8H4O5/c9-4-2-1-3-6(10)5(4)8(12)13-7(3)11/h1-2,9-10H. The largest absolute Gasteiger partial charge is 0.507 e. The molecular formula is C8H4O5. The fourth-order valence-electron chi connectivity index (χ4n) is 1.14.